The molecule has 98 valence electrons. The van der Waals surface area contributed by atoms with E-state index in [-0.39, 0.29) is 11.7 Å². The van der Waals surface area contributed by atoms with E-state index in [0.29, 0.717) is 18.9 Å². The molecule has 7 nitrogen and oxygen atoms in total. The number of anilines is 1. The van der Waals surface area contributed by atoms with Crippen molar-refractivity contribution in [2.75, 3.05) is 38.1 Å². The molecule has 18 heavy (non-hydrogen) atoms. The molecule has 0 aromatic carbocycles. The Hall–Kier alpha value is -1.73. The molecule has 2 rings (SSSR count). The van der Waals surface area contributed by atoms with Gasteiger partial charge in [-0.25, -0.2) is 4.98 Å². The second kappa shape index (κ2) is 5.28. The van der Waals surface area contributed by atoms with E-state index in [2.05, 4.69) is 9.88 Å². The Balaban J connectivity index is 2.32. The summed E-state index contributed by atoms with van der Waals surface area (Å²) in [5.41, 5.74) is 5.80. The molecule has 1 aliphatic heterocycles. The van der Waals surface area contributed by atoms with Crippen LogP contribution in [0.15, 0.2) is 18.3 Å². The van der Waals surface area contributed by atoms with Crippen LogP contribution in [0, 0.1) is 10.1 Å². The average molecular weight is 251 g/mol. The van der Waals surface area contributed by atoms with E-state index >= 15 is 0 Å². The molecule has 0 aliphatic carbocycles. The Morgan fingerprint density at radius 2 is 2.39 bits per heavy atom. The maximum Gasteiger partial charge on any atom is 0.311 e. The van der Waals surface area contributed by atoms with Crippen LogP contribution >= 0.6 is 0 Å². The molecular weight excluding hydrogens is 234 g/mol. The predicted molar refractivity (Wildman–Crippen MR) is 68.6 cm³/mol. The fourth-order valence-electron chi connectivity index (χ4n) is 2.24. The third kappa shape index (κ3) is 2.41. The first-order chi connectivity index (χ1) is 8.63. The van der Waals surface area contributed by atoms with Crippen LogP contribution in [0.3, 0.4) is 0 Å². The van der Waals surface area contributed by atoms with Gasteiger partial charge in [0, 0.05) is 38.4 Å². The third-order valence-electron chi connectivity index (χ3n) is 3.19. The molecule has 0 spiro atoms. The summed E-state index contributed by atoms with van der Waals surface area (Å²) in [5.74, 6) is 0.422. The molecule has 1 unspecified atom stereocenters. The minimum absolute atomic E-state index is 0.0421. The molecule has 1 saturated heterocycles. The minimum Gasteiger partial charge on any atom is -0.344 e. The first-order valence-electron chi connectivity index (χ1n) is 5.88. The van der Waals surface area contributed by atoms with Crippen molar-refractivity contribution in [2.24, 2.45) is 5.73 Å². The number of nitrogens with zero attached hydrogens (tertiary/aromatic N) is 4. The van der Waals surface area contributed by atoms with E-state index < -0.39 is 4.92 Å². The smallest absolute Gasteiger partial charge is 0.311 e. The van der Waals surface area contributed by atoms with Crippen LogP contribution in [0.2, 0.25) is 0 Å². The number of hydrogen-bond acceptors (Lipinski definition) is 6. The SMILES string of the molecule is CN1CCN(c2ncccc2[N+](=O)[O-])C(CN)C1. The lowest BCUT2D eigenvalue weighted by atomic mass is 10.1. The lowest BCUT2D eigenvalue weighted by Gasteiger charge is -2.39. The second-order valence-corrected chi connectivity index (χ2v) is 4.45. The molecule has 0 amide bonds. The van der Waals surface area contributed by atoms with Crippen molar-refractivity contribution in [3.8, 4) is 0 Å². The lowest BCUT2D eigenvalue weighted by Crippen LogP contribution is -2.55. The molecule has 2 heterocycles. The first-order valence-corrected chi connectivity index (χ1v) is 5.88. The van der Waals surface area contributed by atoms with Gasteiger partial charge in [-0.05, 0) is 13.1 Å². The Morgan fingerprint density at radius 1 is 1.61 bits per heavy atom. The number of pyridine rings is 1. The zero-order valence-corrected chi connectivity index (χ0v) is 10.3. The summed E-state index contributed by atoms with van der Waals surface area (Å²) in [6.07, 6.45) is 1.58. The highest BCUT2D eigenvalue weighted by Gasteiger charge is 2.29. The van der Waals surface area contributed by atoms with Crippen LogP contribution in [0.4, 0.5) is 11.5 Å². The number of rotatable bonds is 3. The van der Waals surface area contributed by atoms with Gasteiger partial charge in [-0.3, -0.25) is 10.1 Å². The van der Waals surface area contributed by atoms with Crippen molar-refractivity contribution in [1.29, 1.82) is 0 Å². The summed E-state index contributed by atoms with van der Waals surface area (Å²) >= 11 is 0. The topological polar surface area (TPSA) is 88.5 Å². The van der Waals surface area contributed by atoms with Crippen LogP contribution in [0.1, 0.15) is 0 Å². The van der Waals surface area contributed by atoms with Crippen molar-refractivity contribution < 1.29 is 4.92 Å². The Morgan fingerprint density at radius 3 is 3.06 bits per heavy atom. The number of aromatic nitrogens is 1. The Bertz CT molecular complexity index is 439. The minimum atomic E-state index is -0.395. The summed E-state index contributed by atoms with van der Waals surface area (Å²) in [7, 11) is 2.02. The normalized spacial score (nSPS) is 21.0. The Kier molecular flexibility index (Phi) is 3.73. The maximum absolute atomic E-state index is 11.0. The van der Waals surface area contributed by atoms with Crippen LogP contribution in [0.25, 0.3) is 0 Å². The van der Waals surface area contributed by atoms with E-state index in [1.165, 1.54) is 6.07 Å². The van der Waals surface area contributed by atoms with Gasteiger partial charge in [0.2, 0.25) is 5.82 Å². The standard InChI is InChI=1S/C11H17N5O2/c1-14-5-6-15(9(7-12)8-14)11-10(16(17)18)3-2-4-13-11/h2-4,9H,5-8,12H2,1H3. The molecule has 7 heteroatoms. The fraction of sp³-hybridized carbons (Fsp3) is 0.545. The summed E-state index contributed by atoms with van der Waals surface area (Å²) in [4.78, 5) is 18.9. The monoisotopic (exact) mass is 251 g/mol. The van der Waals surface area contributed by atoms with Gasteiger partial charge >= 0.3 is 5.69 Å². The van der Waals surface area contributed by atoms with Gasteiger partial charge in [0.05, 0.1) is 11.0 Å². The molecular formula is C11H17N5O2. The molecule has 2 N–H and O–H groups in total. The van der Waals surface area contributed by atoms with Gasteiger partial charge in [0.15, 0.2) is 0 Å². The van der Waals surface area contributed by atoms with Crippen LogP contribution in [-0.4, -0.2) is 54.1 Å². The fourth-order valence-corrected chi connectivity index (χ4v) is 2.24. The van der Waals surface area contributed by atoms with Gasteiger partial charge < -0.3 is 15.5 Å². The van der Waals surface area contributed by atoms with Crippen molar-refractivity contribution in [2.45, 2.75) is 6.04 Å². The number of hydrogen-bond donors (Lipinski definition) is 1. The largest absolute Gasteiger partial charge is 0.344 e. The molecule has 1 aromatic heterocycles. The highest BCUT2D eigenvalue weighted by Crippen LogP contribution is 2.27. The molecule has 1 aliphatic rings. The highest BCUT2D eigenvalue weighted by molar-refractivity contribution is 5.58. The number of nitro groups is 1. The molecule has 1 aromatic rings. The Labute approximate surface area is 105 Å². The molecule has 0 radical (unpaired) electrons. The summed E-state index contributed by atoms with van der Waals surface area (Å²) in [5, 5.41) is 11.0. The maximum atomic E-state index is 11.0. The van der Waals surface area contributed by atoms with Gasteiger partial charge in [-0.15, -0.1) is 0 Å². The van der Waals surface area contributed by atoms with Gasteiger partial charge in [0.25, 0.3) is 0 Å². The van der Waals surface area contributed by atoms with Crippen molar-refractivity contribution >= 4 is 11.5 Å². The van der Waals surface area contributed by atoms with Crippen LogP contribution in [0.5, 0.6) is 0 Å². The second-order valence-electron chi connectivity index (χ2n) is 4.45. The van der Waals surface area contributed by atoms with E-state index in [4.69, 9.17) is 5.73 Å². The molecule has 0 bridgehead atoms. The highest BCUT2D eigenvalue weighted by atomic mass is 16.6. The van der Waals surface area contributed by atoms with Gasteiger partial charge in [-0.2, -0.15) is 0 Å². The third-order valence-corrected chi connectivity index (χ3v) is 3.19. The van der Waals surface area contributed by atoms with E-state index in [1.54, 1.807) is 12.3 Å². The van der Waals surface area contributed by atoms with E-state index in [1.807, 2.05) is 11.9 Å². The summed E-state index contributed by atoms with van der Waals surface area (Å²) in [6, 6.07) is 3.13. The quantitative estimate of drug-likeness (QED) is 0.604. The molecule has 1 atom stereocenters. The number of nitrogens with two attached hydrogens (primary N) is 1. The van der Waals surface area contributed by atoms with E-state index in [9.17, 15) is 10.1 Å². The average Bonchev–Trinajstić information content (AvgIpc) is 2.38. The molecule has 0 saturated carbocycles. The van der Waals surface area contributed by atoms with Gasteiger partial charge in [-0.1, -0.05) is 0 Å². The zero-order valence-electron chi connectivity index (χ0n) is 10.3. The van der Waals surface area contributed by atoms with Crippen LogP contribution < -0.4 is 10.6 Å². The van der Waals surface area contributed by atoms with Crippen molar-refractivity contribution in [1.82, 2.24) is 9.88 Å². The first kappa shape index (κ1) is 12.7. The predicted octanol–water partition coefficient (Wildman–Crippen LogP) is 0.0689. The lowest BCUT2D eigenvalue weighted by molar-refractivity contribution is -0.384. The summed E-state index contributed by atoms with van der Waals surface area (Å²) in [6.45, 7) is 2.81. The van der Waals surface area contributed by atoms with Crippen molar-refractivity contribution in [3.05, 3.63) is 28.4 Å². The van der Waals surface area contributed by atoms with E-state index in [0.717, 1.165) is 13.1 Å². The zero-order chi connectivity index (χ0) is 13.1. The van der Waals surface area contributed by atoms with Crippen LogP contribution in [-0.2, 0) is 0 Å². The number of piperazine rings is 1. The summed E-state index contributed by atoms with van der Waals surface area (Å²) < 4.78 is 0. The molecule has 1 fully saturated rings. The number of likely N-dealkylation sites (N-methyl/N-ethyl adjacent to an activating group) is 1. The van der Waals surface area contributed by atoms with Crippen molar-refractivity contribution in [3.63, 3.8) is 0 Å². The van der Waals surface area contributed by atoms with Gasteiger partial charge in [0.1, 0.15) is 0 Å².